The van der Waals surface area contributed by atoms with E-state index in [0.717, 1.165) is 5.56 Å². The van der Waals surface area contributed by atoms with Gasteiger partial charge in [0.15, 0.2) is 0 Å². The first-order valence-corrected chi connectivity index (χ1v) is 8.83. The van der Waals surface area contributed by atoms with E-state index < -0.39 is 22.5 Å². The van der Waals surface area contributed by atoms with Gasteiger partial charge in [0.25, 0.3) is 0 Å². The monoisotopic (exact) mass is 372 g/mol. The maximum absolute atomic E-state index is 12.1. The molecule has 2 N–H and O–H groups in total. The highest BCUT2D eigenvalue weighted by Gasteiger charge is 2.16. The SMILES string of the molecule is Cc1ccc(Cl)cc1NC(=O)CNS(=O)(=O)c1cccc(Cl)c1. The van der Waals surface area contributed by atoms with Crippen molar-refractivity contribution in [2.75, 3.05) is 11.9 Å². The summed E-state index contributed by atoms with van der Waals surface area (Å²) in [5.74, 6) is -0.499. The second-order valence-electron chi connectivity index (χ2n) is 4.79. The van der Waals surface area contributed by atoms with Gasteiger partial charge in [-0.15, -0.1) is 0 Å². The number of benzene rings is 2. The predicted molar refractivity (Wildman–Crippen MR) is 91.5 cm³/mol. The second kappa shape index (κ2) is 7.31. The summed E-state index contributed by atoms with van der Waals surface area (Å²) in [5, 5.41) is 3.39. The third-order valence-corrected chi connectivity index (χ3v) is 4.87. The van der Waals surface area contributed by atoms with E-state index in [1.807, 2.05) is 6.92 Å². The van der Waals surface area contributed by atoms with Crippen LogP contribution >= 0.6 is 23.2 Å². The number of amides is 1. The average Bonchev–Trinajstić information content (AvgIpc) is 2.49. The standard InChI is InChI=1S/C15H14Cl2N2O3S/c1-10-5-6-12(17)8-14(10)19-15(20)9-18-23(21,22)13-4-2-3-11(16)7-13/h2-8,18H,9H2,1H3,(H,19,20). The molecule has 1 amide bonds. The lowest BCUT2D eigenvalue weighted by atomic mass is 10.2. The van der Waals surface area contributed by atoms with Crippen LogP contribution in [-0.2, 0) is 14.8 Å². The Morgan fingerprint density at radius 1 is 1.09 bits per heavy atom. The molecule has 8 heteroatoms. The van der Waals surface area contributed by atoms with Crippen molar-refractivity contribution in [1.82, 2.24) is 4.72 Å². The van der Waals surface area contributed by atoms with Crippen LogP contribution in [0.4, 0.5) is 5.69 Å². The number of carbonyl (C=O) groups is 1. The molecule has 0 aliphatic heterocycles. The Bertz CT molecular complexity index is 838. The lowest BCUT2D eigenvalue weighted by Crippen LogP contribution is -2.33. The van der Waals surface area contributed by atoms with Gasteiger partial charge in [0.1, 0.15) is 0 Å². The highest BCUT2D eigenvalue weighted by molar-refractivity contribution is 7.89. The number of aryl methyl sites for hydroxylation is 1. The number of hydrogen-bond acceptors (Lipinski definition) is 3. The first-order valence-electron chi connectivity index (χ1n) is 6.59. The second-order valence-corrected chi connectivity index (χ2v) is 7.43. The Balaban J connectivity index is 2.02. The number of sulfonamides is 1. The van der Waals surface area contributed by atoms with Gasteiger partial charge in [-0.2, -0.15) is 0 Å². The molecule has 0 radical (unpaired) electrons. The summed E-state index contributed by atoms with van der Waals surface area (Å²) in [7, 11) is -3.81. The van der Waals surface area contributed by atoms with E-state index in [1.165, 1.54) is 18.2 Å². The summed E-state index contributed by atoms with van der Waals surface area (Å²) >= 11 is 11.6. The van der Waals surface area contributed by atoms with Crippen LogP contribution in [-0.4, -0.2) is 20.9 Å². The van der Waals surface area contributed by atoms with Gasteiger partial charge in [0.2, 0.25) is 15.9 Å². The fourth-order valence-electron chi connectivity index (χ4n) is 1.80. The number of hydrogen-bond donors (Lipinski definition) is 2. The molecule has 0 bridgehead atoms. The quantitative estimate of drug-likeness (QED) is 0.845. The largest absolute Gasteiger partial charge is 0.325 e. The molecule has 2 rings (SSSR count). The predicted octanol–water partition coefficient (Wildman–Crippen LogP) is 3.22. The Hall–Kier alpha value is -1.60. The van der Waals surface area contributed by atoms with Gasteiger partial charge >= 0.3 is 0 Å². The molecule has 0 heterocycles. The van der Waals surface area contributed by atoms with Crippen LogP contribution in [0.15, 0.2) is 47.4 Å². The maximum Gasteiger partial charge on any atom is 0.241 e. The molecule has 0 aliphatic rings. The van der Waals surface area contributed by atoms with Gasteiger partial charge in [-0.05, 0) is 42.8 Å². The van der Waals surface area contributed by atoms with E-state index >= 15 is 0 Å². The normalized spacial score (nSPS) is 11.3. The van der Waals surface area contributed by atoms with Gasteiger partial charge in [0, 0.05) is 15.7 Å². The summed E-state index contributed by atoms with van der Waals surface area (Å²) in [6, 6.07) is 10.8. The summed E-state index contributed by atoms with van der Waals surface area (Å²) in [5.41, 5.74) is 1.35. The number of anilines is 1. The van der Waals surface area contributed by atoms with Gasteiger partial charge in [-0.3, -0.25) is 4.79 Å². The van der Waals surface area contributed by atoms with Crippen LogP contribution in [0.3, 0.4) is 0 Å². The molecule has 0 aliphatic carbocycles. The smallest absolute Gasteiger partial charge is 0.241 e. The third-order valence-electron chi connectivity index (χ3n) is 3.00. The van der Waals surface area contributed by atoms with Gasteiger partial charge < -0.3 is 5.32 Å². The molecular weight excluding hydrogens is 359 g/mol. The van der Waals surface area contributed by atoms with E-state index in [4.69, 9.17) is 23.2 Å². The fraction of sp³-hybridized carbons (Fsp3) is 0.133. The van der Waals surface area contributed by atoms with Crippen molar-refractivity contribution < 1.29 is 13.2 Å². The number of halogens is 2. The summed E-state index contributed by atoms with van der Waals surface area (Å²) in [6.07, 6.45) is 0. The summed E-state index contributed by atoms with van der Waals surface area (Å²) in [6.45, 7) is 1.41. The minimum atomic E-state index is -3.81. The van der Waals surface area contributed by atoms with Crippen LogP contribution in [0.25, 0.3) is 0 Å². The van der Waals surface area contributed by atoms with E-state index in [1.54, 1.807) is 24.3 Å². The van der Waals surface area contributed by atoms with Crippen LogP contribution in [0.2, 0.25) is 10.0 Å². The van der Waals surface area contributed by atoms with Crippen molar-refractivity contribution in [2.45, 2.75) is 11.8 Å². The van der Waals surface area contributed by atoms with E-state index in [0.29, 0.717) is 15.7 Å². The van der Waals surface area contributed by atoms with Crippen LogP contribution in [0, 0.1) is 6.92 Å². The molecule has 0 atom stereocenters. The Kier molecular flexibility index (Phi) is 5.64. The topological polar surface area (TPSA) is 75.3 Å². The number of carbonyl (C=O) groups excluding carboxylic acids is 1. The van der Waals surface area contributed by atoms with E-state index in [2.05, 4.69) is 10.0 Å². The van der Waals surface area contributed by atoms with Crippen molar-refractivity contribution in [3.8, 4) is 0 Å². The zero-order chi connectivity index (χ0) is 17.0. The van der Waals surface area contributed by atoms with Crippen molar-refractivity contribution >= 4 is 44.8 Å². The minimum Gasteiger partial charge on any atom is -0.325 e. The Labute approximate surface area is 144 Å². The Morgan fingerprint density at radius 2 is 1.78 bits per heavy atom. The first kappa shape index (κ1) is 17.7. The lowest BCUT2D eigenvalue weighted by Gasteiger charge is -2.10. The molecule has 122 valence electrons. The minimum absolute atomic E-state index is 0.00302. The molecule has 0 saturated carbocycles. The average molecular weight is 373 g/mol. The zero-order valence-electron chi connectivity index (χ0n) is 12.1. The fourth-order valence-corrected chi connectivity index (χ4v) is 3.26. The highest BCUT2D eigenvalue weighted by Crippen LogP contribution is 2.20. The molecule has 0 spiro atoms. The van der Waals surface area contributed by atoms with Crippen LogP contribution < -0.4 is 10.0 Å². The number of rotatable bonds is 5. The molecule has 0 saturated heterocycles. The first-order chi connectivity index (χ1) is 10.8. The van der Waals surface area contributed by atoms with Crippen LogP contribution in [0.1, 0.15) is 5.56 Å². The van der Waals surface area contributed by atoms with E-state index in [-0.39, 0.29) is 4.90 Å². The number of nitrogens with one attached hydrogen (secondary N) is 2. The van der Waals surface area contributed by atoms with Gasteiger partial charge in [0.05, 0.1) is 11.4 Å². The molecule has 0 fully saturated rings. The molecule has 0 aromatic heterocycles. The van der Waals surface area contributed by atoms with Crippen LogP contribution in [0.5, 0.6) is 0 Å². The third kappa shape index (κ3) is 4.94. The van der Waals surface area contributed by atoms with Crippen molar-refractivity contribution in [3.63, 3.8) is 0 Å². The van der Waals surface area contributed by atoms with Gasteiger partial charge in [-0.25, -0.2) is 13.1 Å². The molecule has 2 aromatic rings. The van der Waals surface area contributed by atoms with Crippen molar-refractivity contribution in [3.05, 3.63) is 58.1 Å². The van der Waals surface area contributed by atoms with Crippen molar-refractivity contribution in [2.24, 2.45) is 0 Å². The molecule has 23 heavy (non-hydrogen) atoms. The van der Waals surface area contributed by atoms with Gasteiger partial charge in [-0.1, -0.05) is 35.3 Å². The van der Waals surface area contributed by atoms with E-state index in [9.17, 15) is 13.2 Å². The summed E-state index contributed by atoms with van der Waals surface area (Å²) < 4.78 is 26.4. The zero-order valence-corrected chi connectivity index (χ0v) is 14.5. The van der Waals surface area contributed by atoms with Crippen molar-refractivity contribution in [1.29, 1.82) is 0 Å². The Morgan fingerprint density at radius 3 is 2.48 bits per heavy atom. The molecule has 5 nitrogen and oxygen atoms in total. The lowest BCUT2D eigenvalue weighted by molar-refractivity contribution is -0.115. The molecular formula is C15H14Cl2N2O3S. The molecule has 2 aromatic carbocycles. The summed E-state index contributed by atoms with van der Waals surface area (Å²) in [4.78, 5) is 11.9. The molecule has 0 unspecified atom stereocenters. The highest BCUT2D eigenvalue weighted by atomic mass is 35.5. The maximum atomic E-state index is 12.1.